The number of nitrogens with zero attached hydrogens (tertiary/aromatic N) is 2. The number of likely N-dealkylation sites (N-methyl/N-ethyl adjacent to an activating group) is 1. The Morgan fingerprint density at radius 2 is 2.09 bits per heavy atom. The Bertz CT molecular complexity index is 678. The number of hydrogen-bond donors (Lipinski definition) is 0. The summed E-state index contributed by atoms with van der Waals surface area (Å²) in [5, 5.41) is 0. The molecular formula is C17H21ClN2O2S. The molecule has 2 aromatic heterocycles. The molecule has 3 rings (SSSR count). The Kier molecular flexibility index (Phi) is 5.09. The normalized spacial score (nSPS) is 14.4. The fraction of sp³-hybridized carbons (Fsp3) is 0.471. The SMILES string of the molecule is Cc1ccc(CN(C(=O)CN(C)Cc2ccc(Cl)s2)C2CC2)o1. The Balaban J connectivity index is 1.57. The summed E-state index contributed by atoms with van der Waals surface area (Å²) >= 11 is 7.52. The first-order valence-electron chi connectivity index (χ1n) is 7.79. The molecular weight excluding hydrogens is 332 g/mol. The Morgan fingerprint density at radius 3 is 2.65 bits per heavy atom. The Hall–Kier alpha value is -1.30. The van der Waals surface area contributed by atoms with E-state index in [-0.39, 0.29) is 5.91 Å². The number of amides is 1. The number of furan rings is 1. The molecule has 1 amide bonds. The Labute approximate surface area is 145 Å². The summed E-state index contributed by atoms with van der Waals surface area (Å²) < 4.78 is 6.41. The molecule has 124 valence electrons. The lowest BCUT2D eigenvalue weighted by atomic mass is 10.3. The van der Waals surface area contributed by atoms with Crippen molar-refractivity contribution >= 4 is 28.8 Å². The van der Waals surface area contributed by atoms with Gasteiger partial charge in [-0.3, -0.25) is 9.69 Å². The summed E-state index contributed by atoms with van der Waals surface area (Å²) in [5.74, 6) is 1.90. The lowest BCUT2D eigenvalue weighted by Crippen LogP contribution is -2.39. The second kappa shape index (κ2) is 7.07. The number of rotatable bonds is 7. The van der Waals surface area contributed by atoms with E-state index in [1.54, 1.807) is 11.3 Å². The van der Waals surface area contributed by atoms with Crippen LogP contribution in [0.5, 0.6) is 0 Å². The van der Waals surface area contributed by atoms with Crippen LogP contribution in [-0.2, 0) is 17.9 Å². The lowest BCUT2D eigenvalue weighted by Gasteiger charge is -2.24. The molecule has 0 aromatic carbocycles. The van der Waals surface area contributed by atoms with Gasteiger partial charge in [-0.15, -0.1) is 11.3 Å². The molecule has 0 radical (unpaired) electrons. The third-order valence-electron chi connectivity index (χ3n) is 3.89. The smallest absolute Gasteiger partial charge is 0.237 e. The largest absolute Gasteiger partial charge is 0.464 e. The zero-order valence-corrected chi connectivity index (χ0v) is 15.0. The van der Waals surface area contributed by atoms with E-state index in [0.29, 0.717) is 19.1 Å². The average Bonchev–Trinajstić information content (AvgIpc) is 3.12. The fourth-order valence-corrected chi connectivity index (χ4v) is 3.79. The first-order valence-corrected chi connectivity index (χ1v) is 8.98. The zero-order valence-electron chi connectivity index (χ0n) is 13.4. The van der Waals surface area contributed by atoms with Crippen molar-refractivity contribution in [2.75, 3.05) is 13.6 Å². The number of carbonyl (C=O) groups is 1. The highest BCUT2D eigenvalue weighted by molar-refractivity contribution is 7.16. The van der Waals surface area contributed by atoms with E-state index in [0.717, 1.165) is 35.2 Å². The molecule has 0 aliphatic heterocycles. The maximum Gasteiger partial charge on any atom is 0.237 e. The predicted octanol–water partition coefficient (Wildman–Crippen LogP) is 3.93. The van der Waals surface area contributed by atoms with Gasteiger partial charge in [0.2, 0.25) is 5.91 Å². The number of thiophene rings is 1. The Morgan fingerprint density at radius 1 is 1.30 bits per heavy atom. The van der Waals surface area contributed by atoms with Crippen molar-refractivity contribution in [3.8, 4) is 0 Å². The van der Waals surface area contributed by atoms with E-state index in [1.165, 1.54) is 4.88 Å². The van der Waals surface area contributed by atoms with Crippen molar-refractivity contribution < 1.29 is 9.21 Å². The van der Waals surface area contributed by atoms with Crippen LogP contribution in [0.4, 0.5) is 0 Å². The molecule has 1 saturated carbocycles. The molecule has 0 spiro atoms. The predicted molar refractivity (Wildman–Crippen MR) is 92.7 cm³/mol. The van der Waals surface area contributed by atoms with Crippen molar-refractivity contribution in [2.24, 2.45) is 0 Å². The first-order chi connectivity index (χ1) is 11.0. The van der Waals surface area contributed by atoms with Gasteiger partial charge in [-0.2, -0.15) is 0 Å². The molecule has 0 atom stereocenters. The van der Waals surface area contributed by atoms with Gasteiger partial charge in [-0.25, -0.2) is 0 Å². The van der Waals surface area contributed by atoms with E-state index < -0.39 is 0 Å². The first kappa shape index (κ1) is 16.6. The number of halogens is 1. The molecule has 1 aliphatic carbocycles. The number of aryl methyl sites for hydroxylation is 1. The van der Waals surface area contributed by atoms with Crippen molar-refractivity contribution in [3.63, 3.8) is 0 Å². The monoisotopic (exact) mass is 352 g/mol. The van der Waals surface area contributed by atoms with Crippen LogP contribution in [0.1, 0.15) is 29.2 Å². The summed E-state index contributed by atoms with van der Waals surface area (Å²) in [6.07, 6.45) is 2.19. The van der Waals surface area contributed by atoms with Crippen molar-refractivity contribution in [1.29, 1.82) is 0 Å². The van der Waals surface area contributed by atoms with Crippen LogP contribution in [0, 0.1) is 6.92 Å². The van der Waals surface area contributed by atoms with Crippen LogP contribution >= 0.6 is 22.9 Å². The second-order valence-corrected chi connectivity index (χ2v) is 7.94. The molecule has 4 nitrogen and oxygen atoms in total. The van der Waals surface area contributed by atoms with Gasteiger partial charge in [0.25, 0.3) is 0 Å². The molecule has 0 N–H and O–H groups in total. The molecule has 2 heterocycles. The van der Waals surface area contributed by atoms with Crippen molar-refractivity contribution in [3.05, 3.63) is 45.0 Å². The fourth-order valence-electron chi connectivity index (χ4n) is 2.63. The topological polar surface area (TPSA) is 36.7 Å². The quantitative estimate of drug-likeness (QED) is 0.757. The van der Waals surface area contributed by atoms with Crippen LogP contribution in [0.15, 0.2) is 28.7 Å². The van der Waals surface area contributed by atoms with Gasteiger partial charge >= 0.3 is 0 Å². The van der Waals surface area contributed by atoms with Gasteiger partial charge in [0.05, 0.1) is 17.4 Å². The molecule has 0 saturated heterocycles. The van der Waals surface area contributed by atoms with E-state index in [2.05, 4.69) is 0 Å². The summed E-state index contributed by atoms with van der Waals surface area (Å²) in [6.45, 7) is 3.63. The minimum Gasteiger partial charge on any atom is -0.464 e. The third kappa shape index (κ3) is 4.59. The van der Waals surface area contributed by atoms with Crippen molar-refractivity contribution in [1.82, 2.24) is 9.80 Å². The highest BCUT2D eigenvalue weighted by atomic mass is 35.5. The second-order valence-electron chi connectivity index (χ2n) is 6.14. The maximum absolute atomic E-state index is 12.7. The van der Waals surface area contributed by atoms with E-state index in [9.17, 15) is 4.79 Å². The molecule has 1 fully saturated rings. The van der Waals surface area contributed by atoms with E-state index in [4.69, 9.17) is 16.0 Å². The summed E-state index contributed by atoms with van der Waals surface area (Å²) in [4.78, 5) is 17.8. The third-order valence-corrected chi connectivity index (χ3v) is 5.11. The van der Waals surface area contributed by atoms with Crippen LogP contribution in [-0.4, -0.2) is 35.3 Å². The van der Waals surface area contributed by atoms with Crippen molar-refractivity contribution in [2.45, 2.75) is 38.9 Å². The minimum atomic E-state index is 0.159. The van der Waals surface area contributed by atoms with Crippen LogP contribution < -0.4 is 0 Å². The van der Waals surface area contributed by atoms with Gasteiger partial charge in [-0.05, 0) is 51.1 Å². The molecule has 6 heteroatoms. The number of carbonyl (C=O) groups excluding carboxylic acids is 1. The molecule has 0 bridgehead atoms. The molecule has 2 aromatic rings. The highest BCUT2D eigenvalue weighted by Gasteiger charge is 2.33. The van der Waals surface area contributed by atoms with Gasteiger partial charge in [0.15, 0.2) is 0 Å². The van der Waals surface area contributed by atoms with Crippen LogP contribution in [0.2, 0.25) is 4.34 Å². The van der Waals surface area contributed by atoms with Gasteiger partial charge < -0.3 is 9.32 Å². The minimum absolute atomic E-state index is 0.159. The standard InChI is InChI=1S/C17H21ClN2O2S/c1-12-3-6-14(22-12)9-20(13-4-5-13)17(21)11-19(2)10-15-7-8-16(18)23-15/h3,6-8,13H,4-5,9-11H2,1-2H3. The maximum atomic E-state index is 12.7. The molecule has 23 heavy (non-hydrogen) atoms. The molecule has 0 unspecified atom stereocenters. The van der Waals surface area contributed by atoms with Crippen LogP contribution in [0.3, 0.4) is 0 Å². The summed E-state index contributed by atoms with van der Waals surface area (Å²) in [5.41, 5.74) is 0. The summed E-state index contributed by atoms with van der Waals surface area (Å²) in [6, 6.07) is 8.18. The van der Waals surface area contributed by atoms with Crippen LogP contribution in [0.25, 0.3) is 0 Å². The molecule has 1 aliphatic rings. The average molecular weight is 353 g/mol. The van der Waals surface area contributed by atoms with E-state index >= 15 is 0 Å². The van der Waals surface area contributed by atoms with Gasteiger partial charge in [0, 0.05) is 17.5 Å². The number of hydrogen-bond acceptors (Lipinski definition) is 4. The zero-order chi connectivity index (χ0) is 16.4. The lowest BCUT2D eigenvalue weighted by molar-refractivity contribution is -0.133. The van der Waals surface area contributed by atoms with Gasteiger partial charge in [-0.1, -0.05) is 11.6 Å². The van der Waals surface area contributed by atoms with Gasteiger partial charge in [0.1, 0.15) is 11.5 Å². The highest BCUT2D eigenvalue weighted by Crippen LogP contribution is 2.29. The summed E-state index contributed by atoms with van der Waals surface area (Å²) in [7, 11) is 1.97. The van der Waals surface area contributed by atoms with E-state index in [1.807, 2.05) is 48.0 Å².